The monoisotopic (exact) mass is 347 g/mol. The van der Waals surface area contributed by atoms with Crippen molar-refractivity contribution in [3.05, 3.63) is 35.9 Å². The highest BCUT2D eigenvalue weighted by Gasteiger charge is 2.55. The maximum Gasteiger partial charge on any atom is 0.338 e. The number of nitrogens with zero attached hydrogens (tertiary/aromatic N) is 1. The van der Waals surface area contributed by atoms with Crippen molar-refractivity contribution in [3.63, 3.8) is 0 Å². The number of carbonyl (C=O) groups is 1. The molecule has 0 bridgehead atoms. The van der Waals surface area contributed by atoms with Gasteiger partial charge in [0.05, 0.1) is 12.2 Å². The molecule has 138 valence electrons. The summed E-state index contributed by atoms with van der Waals surface area (Å²) in [6.45, 7) is 9.52. The maximum atomic E-state index is 12.1. The van der Waals surface area contributed by atoms with E-state index in [0.29, 0.717) is 12.2 Å². The van der Waals surface area contributed by atoms with Crippen LogP contribution in [0.2, 0.25) is 0 Å². The Labute approximate surface area is 150 Å². The zero-order chi connectivity index (χ0) is 18.3. The molecule has 1 aromatic rings. The molecule has 2 saturated heterocycles. The summed E-state index contributed by atoms with van der Waals surface area (Å²) in [4.78, 5) is 14.5. The van der Waals surface area contributed by atoms with E-state index in [2.05, 4.69) is 39.6 Å². The van der Waals surface area contributed by atoms with Gasteiger partial charge in [-0.1, -0.05) is 18.2 Å². The second kappa shape index (κ2) is 6.38. The van der Waals surface area contributed by atoms with Crippen LogP contribution in [0, 0.1) is 0 Å². The van der Waals surface area contributed by atoms with E-state index in [1.807, 2.05) is 18.2 Å². The molecule has 0 aromatic heterocycles. The van der Waals surface area contributed by atoms with E-state index in [9.17, 15) is 4.79 Å². The number of rotatable bonds is 3. The summed E-state index contributed by atoms with van der Waals surface area (Å²) in [6, 6.07) is 9.01. The topological polar surface area (TPSA) is 48.0 Å². The summed E-state index contributed by atoms with van der Waals surface area (Å²) >= 11 is 0. The summed E-state index contributed by atoms with van der Waals surface area (Å²) < 4.78 is 17.8. The van der Waals surface area contributed by atoms with Gasteiger partial charge in [0.25, 0.3) is 0 Å². The fraction of sp³-hybridized carbons (Fsp3) is 0.650. The van der Waals surface area contributed by atoms with Gasteiger partial charge >= 0.3 is 5.97 Å². The minimum atomic E-state index is -0.594. The molecule has 0 amide bonds. The van der Waals surface area contributed by atoms with Gasteiger partial charge in [0.15, 0.2) is 5.79 Å². The van der Waals surface area contributed by atoms with Gasteiger partial charge in [0.1, 0.15) is 12.7 Å². The highest BCUT2D eigenvalue weighted by Crippen LogP contribution is 2.47. The first-order chi connectivity index (χ1) is 11.6. The molecule has 3 rings (SSSR count). The van der Waals surface area contributed by atoms with Crippen LogP contribution < -0.4 is 0 Å². The third-order valence-electron chi connectivity index (χ3n) is 5.54. The van der Waals surface area contributed by atoms with Gasteiger partial charge in [-0.15, -0.1) is 0 Å². The number of hydrogen-bond acceptors (Lipinski definition) is 5. The van der Waals surface area contributed by atoms with E-state index < -0.39 is 5.79 Å². The number of ether oxygens (including phenoxy) is 3. The zero-order valence-corrected chi connectivity index (χ0v) is 15.9. The minimum absolute atomic E-state index is 0.0304. The summed E-state index contributed by atoms with van der Waals surface area (Å²) in [5, 5.41) is 0. The number of esters is 1. The van der Waals surface area contributed by atoms with Gasteiger partial charge in [-0.25, -0.2) is 4.79 Å². The molecule has 2 aliphatic rings. The average Bonchev–Trinajstić information content (AvgIpc) is 2.92. The molecule has 1 spiro atoms. The SMILES string of the molecule is CN1C(C)(C)CC2(CC1(C)C)OCC(COC(=O)c1ccccc1)O2. The van der Waals surface area contributed by atoms with Crippen LogP contribution in [0.15, 0.2) is 30.3 Å². The zero-order valence-electron chi connectivity index (χ0n) is 15.9. The molecule has 25 heavy (non-hydrogen) atoms. The van der Waals surface area contributed by atoms with Crippen molar-refractivity contribution in [2.45, 2.75) is 63.5 Å². The first-order valence-electron chi connectivity index (χ1n) is 8.92. The lowest BCUT2D eigenvalue weighted by atomic mass is 9.76. The summed E-state index contributed by atoms with van der Waals surface area (Å²) in [7, 11) is 2.15. The number of carbonyl (C=O) groups excluding carboxylic acids is 1. The Bertz CT molecular complexity index is 608. The second-order valence-electron chi connectivity index (χ2n) is 8.46. The molecule has 0 aliphatic carbocycles. The Balaban J connectivity index is 1.61. The highest BCUT2D eigenvalue weighted by atomic mass is 16.8. The van der Waals surface area contributed by atoms with Gasteiger partial charge in [-0.05, 0) is 46.9 Å². The Morgan fingerprint density at radius 2 is 1.76 bits per heavy atom. The van der Waals surface area contributed by atoms with Crippen LogP contribution in [0.5, 0.6) is 0 Å². The molecule has 0 saturated carbocycles. The lowest BCUT2D eigenvalue weighted by Gasteiger charge is -2.56. The van der Waals surface area contributed by atoms with Crippen molar-refractivity contribution in [1.29, 1.82) is 0 Å². The van der Waals surface area contributed by atoms with E-state index in [1.165, 1.54) is 0 Å². The molecule has 1 unspecified atom stereocenters. The Kier molecular flexibility index (Phi) is 4.69. The third kappa shape index (κ3) is 3.73. The largest absolute Gasteiger partial charge is 0.459 e. The normalized spacial score (nSPS) is 27.3. The van der Waals surface area contributed by atoms with Gasteiger partial charge in [0.2, 0.25) is 0 Å². The van der Waals surface area contributed by atoms with E-state index in [4.69, 9.17) is 14.2 Å². The van der Waals surface area contributed by atoms with Gasteiger partial charge in [-0.2, -0.15) is 0 Å². The minimum Gasteiger partial charge on any atom is -0.459 e. The van der Waals surface area contributed by atoms with Crippen LogP contribution in [0.4, 0.5) is 0 Å². The highest BCUT2D eigenvalue weighted by molar-refractivity contribution is 5.89. The first-order valence-corrected chi connectivity index (χ1v) is 8.92. The number of piperidine rings is 1. The molecule has 2 fully saturated rings. The van der Waals surface area contributed by atoms with Crippen LogP contribution in [-0.2, 0) is 14.2 Å². The first kappa shape index (κ1) is 18.4. The van der Waals surface area contributed by atoms with Crippen molar-refractivity contribution < 1.29 is 19.0 Å². The van der Waals surface area contributed by atoms with Crippen LogP contribution in [-0.4, -0.2) is 54.1 Å². The summed E-state index contributed by atoms with van der Waals surface area (Å²) in [6.07, 6.45) is 1.37. The number of likely N-dealkylation sites (tertiary alicyclic amines) is 1. The Morgan fingerprint density at radius 3 is 2.36 bits per heavy atom. The van der Waals surface area contributed by atoms with Gasteiger partial charge in [0, 0.05) is 23.9 Å². The van der Waals surface area contributed by atoms with Crippen molar-refractivity contribution in [2.75, 3.05) is 20.3 Å². The van der Waals surface area contributed by atoms with Crippen molar-refractivity contribution in [2.24, 2.45) is 0 Å². The number of hydrogen-bond donors (Lipinski definition) is 0. The molecule has 5 heteroatoms. The second-order valence-corrected chi connectivity index (χ2v) is 8.46. The maximum absolute atomic E-state index is 12.1. The van der Waals surface area contributed by atoms with Crippen LogP contribution >= 0.6 is 0 Å². The Hall–Kier alpha value is -1.43. The molecule has 0 radical (unpaired) electrons. The van der Waals surface area contributed by atoms with Gasteiger partial charge in [-0.3, -0.25) is 4.90 Å². The molecule has 5 nitrogen and oxygen atoms in total. The van der Waals surface area contributed by atoms with Crippen molar-refractivity contribution >= 4 is 5.97 Å². The van der Waals surface area contributed by atoms with Crippen molar-refractivity contribution in [1.82, 2.24) is 4.90 Å². The predicted octanol–water partition coefficient (Wildman–Crippen LogP) is 3.24. The van der Waals surface area contributed by atoms with Crippen LogP contribution in [0.1, 0.15) is 50.9 Å². The lowest BCUT2D eigenvalue weighted by molar-refractivity contribution is -0.243. The molecule has 1 aromatic carbocycles. The fourth-order valence-corrected chi connectivity index (χ4v) is 4.15. The van der Waals surface area contributed by atoms with Crippen LogP contribution in [0.3, 0.4) is 0 Å². The van der Waals surface area contributed by atoms with Crippen molar-refractivity contribution in [3.8, 4) is 0 Å². The predicted molar refractivity (Wildman–Crippen MR) is 95.4 cm³/mol. The Morgan fingerprint density at radius 1 is 1.16 bits per heavy atom. The smallest absolute Gasteiger partial charge is 0.338 e. The molecule has 2 heterocycles. The molecule has 0 N–H and O–H groups in total. The molecular weight excluding hydrogens is 318 g/mol. The average molecular weight is 347 g/mol. The summed E-state index contributed by atoms with van der Waals surface area (Å²) in [5.74, 6) is -0.919. The van der Waals surface area contributed by atoms with Crippen LogP contribution in [0.25, 0.3) is 0 Å². The van der Waals surface area contributed by atoms with E-state index >= 15 is 0 Å². The quantitative estimate of drug-likeness (QED) is 0.786. The van der Waals surface area contributed by atoms with Gasteiger partial charge < -0.3 is 14.2 Å². The lowest BCUT2D eigenvalue weighted by Crippen LogP contribution is -2.64. The number of benzene rings is 1. The molecule has 2 aliphatic heterocycles. The standard InChI is InChI=1S/C20H29NO4/c1-18(2)13-20(14-19(3,4)21(18)5)24-12-16(25-20)11-23-17(22)15-9-7-6-8-10-15/h6-10,16H,11-14H2,1-5H3. The summed E-state index contributed by atoms with van der Waals surface area (Å²) in [5.41, 5.74) is 0.493. The van der Waals surface area contributed by atoms with E-state index in [0.717, 1.165) is 12.8 Å². The third-order valence-corrected chi connectivity index (χ3v) is 5.54. The molecule has 1 atom stereocenters. The van der Waals surface area contributed by atoms with E-state index in [1.54, 1.807) is 12.1 Å². The molecular formula is C20H29NO4. The van der Waals surface area contributed by atoms with E-state index in [-0.39, 0.29) is 29.8 Å². The fourth-order valence-electron chi connectivity index (χ4n) is 4.15.